The molecular weight excluding hydrogens is 264 g/mol. The fraction of sp³-hybridized carbons (Fsp3) is 0.647. The van der Waals surface area contributed by atoms with Gasteiger partial charge in [-0.25, -0.2) is 0 Å². The van der Waals surface area contributed by atoms with Crippen molar-refractivity contribution < 1.29 is 9.47 Å². The van der Waals surface area contributed by atoms with Crippen LogP contribution >= 0.6 is 0 Å². The molecule has 3 unspecified atom stereocenters. The fourth-order valence-electron chi connectivity index (χ4n) is 3.05. The molecule has 1 aliphatic heterocycles. The Morgan fingerprint density at radius 2 is 2.24 bits per heavy atom. The van der Waals surface area contributed by atoms with Crippen molar-refractivity contribution >= 4 is 0 Å². The molecule has 0 radical (unpaired) electrons. The molecular formula is C17H28N2O2. The van der Waals surface area contributed by atoms with Crippen LogP contribution in [-0.2, 0) is 4.74 Å². The van der Waals surface area contributed by atoms with E-state index in [0.29, 0.717) is 19.2 Å². The second kappa shape index (κ2) is 7.78. The van der Waals surface area contributed by atoms with Crippen LogP contribution in [-0.4, -0.2) is 43.3 Å². The first-order valence-corrected chi connectivity index (χ1v) is 7.99. The van der Waals surface area contributed by atoms with Gasteiger partial charge < -0.3 is 15.2 Å². The van der Waals surface area contributed by atoms with Crippen LogP contribution in [0.2, 0.25) is 0 Å². The summed E-state index contributed by atoms with van der Waals surface area (Å²) in [6, 6.07) is 8.97. The summed E-state index contributed by atoms with van der Waals surface area (Å²) in [6.07, 6.45) is 1.34. The van der Waals surface area contributed by atoms with Crippen LogP contribution < -0.4 is 10.5 Å². The van der Waals surface area contributed by atoms with E-state index in [0.717, 1.165) is 25.3 Å². The Bertz CT molecular complexity index is 439. The fourth-order valence-corrected chi connectivity index (χ4v) is 3.05. The van der Waals surface area contributed by atoms with Crippen LogP contribution in [0.3, 0.4) is 0 Å². The Morgan fingerprint density at radius 3 is 2.90 bits per heavy atom. The second-order valence-corrected chi connectivity index (χ2v) is 5.66. The number of morpholine rings is 1. The molecule has 118 valence electrons. The van der Waals surface area contributed by atoms with Crippen LogP contribution in [0.4, 0.5) is 0 Å². The summed E-state index contributed by atoms with van der Waals surface area (Å²) >= 11 is 0. The normalized spacial score (nSPS) is 24.8. The molecule has 3 atom stereocenters. The van der Waals surface area contributed by atoms with Crippen LogP contribution in [0.5, 0.6) is 5.75 Å². The molecule has 0 amide bonds. The van der Waals surface area contributed by atoms with Gasteiger partial charge in [0.25, 0.3) is 0 Å². The molecule has 1 aromatic carbocycles. The first-order valence-electron chi connectivity index (χ1n) is 7.99. The van der Waals surface area contributed by atoms with E-state index in [9.17, 15) is 0 Å². The van der Waals surface area contributed by atoms with Gasteiger partial charge in [0.2, 0.25) is 0 Å². The molecule has 1 saturated heterocycles. The number of hydrogen-bond acceptors (Lipinski definition) is 4. The van der Waals surface area contributed by atoms with Crippen molar-refractivity contribution in [2.45, 2.75) is 45.4 Å². The zero-order chi connectivity index (χ0) is 15.2. The van der Waals surface area contributed by atoms with Gasteiger partial charge in [-0.05, 0) is 38.0 Å². The lowest BCUT2D eigenvalue weighted by atomic mass is 10.00. The maximum absolute atomic E-state index is 6.10. The maximum Gasteiger partial charge on any atom is 0.119 e. The zero-order valence-corrected chi connectivity index (χ0v) is 13.4. The number of hydrogen-bond donors (Lipinski definition) is 1. The minimum Gasteiger partial charge on any atom is -0.494 e. The highest BCUT2D eigenvalue weighted by atomic mass is 16.5. The van der Waals surface area contributed by atoms with Gasteiger partial charge in [0.15, 0.2) is 0 Å². The third-order valence-electron chi connectivity index (χ3n) is 4.16. The van der Waals surface area contributed by atoms with Gasteiger partial charge in [0.1, 0.15) is 5.75 Å². The lowest BCUT2D eigenvalue weighted by Crippen LogP contribution is -2.51. The second-order valence-electron chi connectivity index (χ2n) is 5.66. The van der Waals surface area contributed by atoms with Gasteiger partial charge in [-0.3, -0.25) is 4.90 Å². The molecule has 0 bridgehead atoms. The Hall–Kier alpha value is -1.10. The van der Waals surface area contributed by atoms with Crippen molar-refractivity contribution in [3.63, 3.8) is 0 Å². The van der Waals surface area contributed by atoms with E-state index in [1.807, 2.05) is 19.1 Å². The topological polar surface area (TPSA) is 47.7 Å². The third kappa shape index (κ3) is 3.96. The van der Waals surface area contributed by atoms with Gasteiger partial charge in [0.05, 0.1) is 19.3 Å². The molecule has 1 aromatic rings. The van der Waals surface area contributed by atoms with Gasteiger partial charge >= 0.3 is 0 Å². The van der Waals surface area contributed by atoms with E-state index in [1.54, 1.807) is 0 Å². The molecule has 2 rings (SSSR count). The highest BCUT2D eigenvalue weighted by Crippen LogP contribution is 2.29. The molecule has 2 N–H and O–H groups in total. The highest BCUT2D eigenvalue weighted by Gasteiger charge is 2.31. The predicted octanol–water partition coefficient (Wildman–Crippen LogP) is 2.58. The molecule has 0 aromatic heterocycles. The highest BCUT2D eigenvalue weighted by molar-refractivity contribution is 5.31. The summed E-state index contributed by atoms with van der Waals surface area (Å²) in [5.74, 6) is 0.919. The minimum atomic E-state index is 0.224. The summed E-state index contributed by atoms with van der Waals surface area (Å²) in [6.45, 7) is 9.36. The molecule has 4 nitrogen and oxygen atoms in total. The average molecular weight is 292 g/mol. The van der Waals surface area contributed by atoms with E-state index in [4.69, 9.17) is 15.2 Å². The molecule has 1 aliphatic rings. The van der Waals surface area contributed by atoms with Crippen molar-refractivity contribution in [2.24, 2.45) is 5.73 Å². The Balaban J connectivity index is 2.22. The molecule has 0 saturated carbocycles. The molecule has 1 heterocycles. The maximum atomic E-state index is 6.10. The van der Waals surface area contributed by atoms with Gasteiger partial charge in [-0.1, -0.05) is 19.1 Å². The predicted molar refractivity (Wildman–Crippen MR) is 85.6 cm³/mol. The Morgan fingerprint density at radius 1 is 1.43 bits per heavy atom. The number of rotatable bonds is 6. The molecule has 0 spiro atoms. The first kappa shape index (κ1) is 16.3. The number of nitrogens with two attached hydrogens (primary N) is 1. The lowest BCUT2D eigenvalue weighted by Gasteiger charge is -2.43. The SMILES string of the molecule is CCOc1cccc(C(CN)N2CC(C)OCC2CC)c1. The standard InChI is InChI=1S/C17H28N2O2/c1-4-15-12-21-13(3)11-19(15)17(10-18)14-7-6-8-16(9-14)20-5-2/h6-9,13,15,17H,4-5,10-12,18H2,1-3H3. The van der Waals surface area contributed by atoms with E-state index in [-0.39, 0.29) is 12.1 Å². The summed E-state index contributed by atoms with van der Waals surface area (Å²) < 4.78 is 11.4. The van der Waals surface area contributed by atoms with Crippen molar-refractivity contribution in [3.05, 3.63) is 29.8 Å². The first-order chi connectivity index (χ1) is 10.2. The summed E-state index contributed by atoms with van der Waals surface area (Å²) in [4.78, 5) is 2.50. The summed E-state index contributed by atoms with van der Waals surface area (Å²) in [5.41, 5.74) is 7.33. The van der Waals surface area contributed by atoms with E-state index in [1.165, 1.54) is 5.56 Å². The molecule has 1 fully saturated rings. The van der Waals surface area contributed by atoms with Crippen LogP contribution in [0, 0.1) is 0 Å². The zero-order valence-electron chi connectivity index (χ0n) is 13.4. The smallest absolute Gasteiger partial charge is 0.119 e. The molecule has 21 heavy (non-hydrogen) atoms. The van der Waals surface area contributed by atoms with Gasteiger partial charge in [-0.15, -0.1) is 0 Å². The van der Waals surface area contributed by atoms with Crippen molar-refractivity contribution in [3.8, 4) is 5.75 Å². The summed E-state index contributed by atoms with van der Waals surface area (Å²) in [7, 11) is 0. The van der Waals surface area contributed by atoms with Crippen molar-refractivity contribution in [1.82, 2.24) is 4.90 Å². The Kier molecular flexibility index (Phi) is 6.03. The van der Waals surface area contributed by atoms with E-state index < -0.39 is 0 Å². The lowest BCUT2D eigenvalue weighted by molar-refractivity contribution is -0.0719. The number of benzene rings is 1. The monoisotopic (exact) mass is 292 g/mol. The van der Waals surface area contributed by atoms with Crippen molar-refractivity contribution in [2.75, 3.05) is 26.3 Å². The number of nitrogens with zero attached hydrogens (tertiary/aromatic N) is 1. The largest absolute Gasteiger partial charge is 0.494 e. The molecule has 4 heteroatoms. The van der Waals surface area contributed by atoms with Crippen LogP contribution in [0.25, 0.3) is 0 Å². The minimum absolute atomic E-state index is 0.224. The van der Waals surface area contributed by atoms with Crippen molar-refractivity contribution in [1.29, 1.82) is 0 Å². The van der Waals surface area contributed by atoms with Gasteiger partial charge in [0, 0.05) is 25.2 Å². The average Bonchev–Trinajstić information content (AvgIpc) is 2.49. The number of ether oxygens (including phenoxy) is 2. The summed E-state index contributed by atoms with van der Waals surface area (Å²) in [5, 5.41) is 0. The van der Waals surface area contributed by atoms with Crippen LogP contribution in [0.15, 0.2) is 24.3 Å². The Labute approximate surface area is 128 Å². The quantitative estimate of drug-likeness (QED) is 0.875. The van der Waals surface area contributed by atoms with E-state index in [2.05, 4.69) is 30.9 Å². The van der Waals surface area contributed by atoms with Crippen LogP contribution in [0.1, 0.15) is 38.8 Å². The molecule has 0 aliphatic carbocycles. The third-order valence-corrected chi connectivity index (χ3v) is 4.16. The van der Waals surface area contributed by atoms with E-state index >= 15 is 0 Å². The van der Waals surface area contributed by atoms with Gasteiger partial charge in [-0.2, -0.15) is 0 Å².